The summed E-state index contributed by atoms with van der Waals surface area (Å²) in [5.41, 5.74) is 7.67. The molecule has 4 saturated carbocycles. The van der Waals surface area contributed by atoms with Crippen LogP contribution in [0.25, 0.3) is 0 Å². The topological polar surface area (TPSA) is 0 Å². The number of allylic oxidation sites excluding steroid dienone is 9. The fraction of sp³-hybridized carbons (Fsp3) is 0.600. The van der Waals surface area contributed by atoms with Crippen LogP contribution in [-0.2, 0) is 0 Å². The van der Waals surface area contributed by atoms with E-state index in [1.54, 1.807) is 5.57 Å². The van der Waals surface area contributed by atoms with E-state index in [1.165, 1.54) is 80.1 Å². The van der Waals surface area contributed by atoms with E-state index in [9.17, 15) is 0 Å². The second-order valence-corrected chi connectivity index (χ2v) is 11.0. The molecule has 0 aromatic heterocycles. The van der Waals surface area contributed by atoms with Crippen molar-refractivity contribution >= 4 is 0 Å². The van der Waals surface area contributed by atoms with Crippen LogP contribution >= 0.6 is 0 Å². The summed E-state index contributed by atoms with van der Waals surface area (Å²) in [6.07, 6.45) is 24.2. The maximum Gasteiger partial charge on any atom is -0.0143 e. The molecule has 0 aromatic rings. The monoisotopic (exact) mass is 402 g/mol. The van der Waals surface area contributed by atoms with Gasteiger partial charge in [0.25, 0.3) is 0 Å². The van der Waals surface area contributed by atoms with Gasteiger partial charge in [0, 0.05) is 0 Å². The van der Waals surface area contributed by atoms with Gasteiger partial charge in [-0.15, -0.1) is 0 Å². The lowest BCUT2D eigenvalue weighted by molar-refractivity contribution is 0.137. The van der Waals surface area contributed by atoms with Crippen LogP contribution in [0.2, 0.25) is 0 Å². The molecule has 0 heteroatoms. The second kappa shape index (κ2) is 8.89. The molecule has 0 spiro atoms. The quantitative estimate of drug-likeness (QED) is 0.412. The molecule has 0 radical (unpaired) electrons. The Hall–Kier alpha value is -1.56. The number of fused-ring (bicyclic) bond motifs is 1. The summed E-state index contributed by atoms with van der Waals surface area (Å²) in [7, 11) is 0. The lowest BCUT2D eigenvalue weighted by Crippen LogP contribution is -2.33. The van der Waals surface area contributed by atoms with Crippen LogP contribution in [0.5, 0.6) is 0 Å². The van der Waals surface area contributed by atoms with Crippen molar-refractivity contribution in [3.8, 4) is 0 Å². The van der Waals surface area contributed by atoms with Crippen LogP contribution in [0.15, 0.2) is 71.9 Å². The van der Waals surface area contributed by atoms with Crippen LogP contribution in [0.1, 0.15) is 84.5 Å². The Morgan fingerprint density at radius 1 is 0.967 bits per heavy atom. The van der Waals surface area contributed by atoms with Crippen molar-refractivity contribution in [3.05, 3.63) is 71.9 Å². The van der Waals surface area contributed by atoms with E-state index in [0.29, 0.717) is 17.3 Å². The highest BCUT2D eigenvalue weighted by Crippen LogP contribution is 2.58. The van der Waals surface area contributed by atoms with E-state index in [1.807, 2.05) is 0 Å². The number of rotatable bonds is 4. The van der Waals surface area contributed by atoms with Crippen molar-refractivity contribution in [1.82, 2.24) is 0 Å². The van der Waals surface area contributed by atoms with Gasteiger partial charge in [-0.3, -0.25) is 0 Å². The molecule has 4 fully saturated rings. The Balaban J connectivity index is 1.42. The van der Waals surface area contributed by atoms with Gasteiger partial charge >= 0.3 is 0 Å². The van der Waals surface area contributed by atoms with Gasteiger partial charge in [-0.05, 0) is 111 Å². The Labute approximate surface area is 185 Å². The number of hydrogen-bond acceptors (Lipinski definition) is 0. The first-order valence-corrected chi connectivity index (χ1v) is 12.5. The van der Waals surface area contributed by atoms with Gasteiger partial charge in [-0.25, -0.2) is 0 Å². The molecule has 162 valence electrons. The molecular weight excluding hydrogens is 360 g/mol. The van der Waals surface area contributed by atoms with Gasteiger partial charge in [0.15, 0.2) is 0 Å². The summed E-state index contributed by atoms with van der Waals surface area (Å²) >= 11 is 0. The minimum absolute atomic E-state index is 0.493. The lowest BCUT2D eigenvalue weighted by atomic mass is 9.63. The summed E-state index contributed by atoms with van der Waals surface area (Å²) in [6, 6.07) is 0. The third-order valence-electron chi connectivity index (χ3n) is 9.10. The maximum absolute atomic E-state index is 4.39. The summed E-state index contributed by atoms with van der Waals surface area (Å²) in [6.45, 7) is 17.6. The first-order valence-electron chi connectivity index (χ1n) is 12.5. The Morgan fingerprint density at radius 2 is 1.73 bits per heavy atom. The SMILES string of the molecule is C=C1CC(/C=C/CC2CCC3/C(=C/C=C4/CCCC(C)C4=C)CCCC23C)CC1=C. The van der Waals surface area contributed by atoms with Crippen LogP contribution < -0.4 is 0 Å². The average Bonchev–Trinajstić information content (AvgIpc) is 3.22. The van der Waals surface area contributed by atoms with Gasteiger partial charge in [0.2, 0.25) is 0 Å². The van der Waals surface area contributed by atoms with Crippen molar-refractivity contribution in [2.45, 2.75) is 84.5 Å². The molecule has 0 amide bonds. The molecule has 0 heterocycles. The van der Waals surface area contributed by atoms with E-state index in [2.05, 4.69) is 57.9 Å². The van der Waals surface area contributed by atoms with Gasteiger partial charge in [0.05, 0.1) is 0 Å². The molecule has 0 bridgehead atoms. The molecule has 0 N–H and O–H groups in total. The average molecular weight is 403 g/mol. The molecule has 4 unspecified atom stereocenters. The standard InChI is InChI=1S/C30H42/c1-21-9-6-11-26(24(21)4)14-15-27-12-8-18-30(5)28(16-17-29(27)30)13-7-10-25-19-22(2)23(3)20-25/h7,10,14-15,21,25,28-29H,2-4,6,8-9,11-13,16-20H2,1,5H3/b10-7+,26-14-,27-15+. The maximum atomic E-state index is 4.39. The molecule has 0 nitrogen and oxygen atoms in total. The smallest absolute Gasteiger partial charge is 0.0143 e. The molecule has 4 aliphatic carbocycles. The first-order chi connectivity index (χ1) is 14.4. The summed E-state index contributed by atoms with van der Waals surface area (Å²) in [5.74, 6) is 2.95. The van der Waals surface area contributed by atoms with Gasteiger partial charge < -0.3 is 0 Å². The normalized spacial score (nSPS) is 38.3. The fourth-order valence-corrected chi connectivity index (χ4v) is 6.95. The number of hydrogen-bond donors (Lipinski definition) is 0. The predicted octanol–water partition coefficient (Wildman–Crippen LogP) is 8.90. The zero-order chi connectivity index (χ0) is 21.3. The predicted molar refractivity (Wildman–Crippen MR) is 131 cm³/mol. The van der Waals surface area contributed by atoms with Crippen molar-refractivity contribution in [3.63, 3.8) is 0 Å². The van der Waals surface area contributed by atoms with Gasteiger partial charge in [-0.2, -0.15) is 0 Å². The van der Waals surface area contributed by atoms with Crippen molar-refractivity contribution in [2.75, 3.05) is 0 Å². The fourth-order valence-electron chi connectivity index (χ4n) is 6.95. The summed E-state index contributed by atoms with van der Waals surface area (Å²) in [5, 5.41) is 0. The van der Waals surface area contributed by atoms with Gasteiger partial charge in [-0.1, -0.05) is 74.6 Å². The molecular formula is C30H42. The van der Waals surface area contributed by atoms with E-state index in [0.717, 1.165) is 24.7 Å². The molecule has 4 aliphatic rings. The van der Waals surface area contributed by atoms with Crippen LogP contribution in [0.3, 0.4) is 0 Å². The molecule has 4 rings (SSSR count). The van der Waals surface area contributed by atoms with E-state index in [-0.39, 0.29) is 0 Å². The zero-order valence-corrected chi connectivity index (χ0v) is 19.5. The minimum Gasteiger partial charge on any atom is -0.0956 e. The van der Waals surface area contributed by atoms with E-state index < -0.39 is 0 Å². The zero-order valence-electron chi connectivity index (χ0n) is 19.5. The minimum atomic E-state index is 0.493. The molecule has 0 aromatic carbocycles. The molecule has 30 heavy (non-hydrogen) atoms. The first kappa shape index (κ1) is 21.7. The van der Waals surface area contributed by atoms with Gasteiger partial charge in [0.1, 0.15) is 0 Å². The third kappa shape index (κ3) is 4.25. The van der Waals surface area contributed by atoms with Crippen molar-refractivity contribution in [1.29, 1.82) is 0 Å². The van der Waals surface area contributed by atoms with Crippen LogP contribution in [0, 0.1) is 29.1 Å². The Kier molecular flexibility index (Phi) is 6.42. The van der Waals surface area contributed by atoms with Crippen LogP contribution in [-0.4, -0.2) is 0 Å². The summed E-state index contributed by atoms with van der Waals surface area (Å²) in [4.78, 5) is 0. The second-order valence-electron chi connectivity index (χ2n) is 11.0. The van der Waals surface area contributed by atoms with Crippen LogP contribution in [0.4, 0.5) is 0 Å². The largest absolute Gasteiger partial charge is 0.0956 e. The molecule has 0 aliphatic heterocycles. The highest BCUT2D eigenvalue weighted by Gasteiger charge is 2.48. The van der Waals surface area contributed by atoms with Crippen molar-refractivity contribution in [2.24, 2.45) is 29.1 Å². The van der Waals surface area contributed by atoms with E-state index in [4.69, 9.17) is 0 Å². The lowest BCUT2D eigenvalue weighted by Gasteiger charge is -2.42. The summed E-state index contributed by atoms with van der Waals surface area (Å²) < 4.78 is 0. The highest BCUT2D eigenvalue weighted by molar-refractivity contribution is 5.37. The molecule has 4 atom stereocenters. The Morgan fingerprint density at radius 3 is 2.50 bits per heavy atom. The third-order valence-corrected chi connectivity index (χ3v) is 9.10. The Bertz CT molecular complexity index is 784. The molecule has 0 saturated heterocycles. The highest BCUT2D eigenvalue weighted by atomic mass is 14.5. The van der Waals surface area contributed by atoms with Crippen molar-refractivity contribution < 1.29 is 0 Å². The van der Waals surface area contributed by atoms with E-state index >= 15 is 0 Å².